The van der Waals surface area contributed by atoms with Gasteiger partial charge in [-0.25, -0.2) is 0 Å². The van der Waals surface area contributed by atoms with Gasteiger partial charge >= 0.3 is 0 Å². The lowest BCUT2D eigenvalue weighted by atomic mass is 9.97. The third-order valence-corrected chi connectivity index (χ3v) is 3.08. The van der Waals surface area contributed by atoms with Crippen molar-refractivity contribution in [1.82, 2.24) is 5.32 Å². The summed E-state index contributed by atoms with van der Waals surface area (Å²) in [5, 5.41) is 6.31. The molecule has 0 radical (unpaired) electrons. The van der Waals surface area contributed by atoms with Crippen LogP contribution in [0.5, 0.6) is 0 Å². The molecule has 1 unspecified atom stereocenters. The fourth-order valence-electron chi connectivity index (χ4n) is 2.15. The molecule has 1 aromatic rings. The maximum Gasteiger partial charge on any atom is 0.220 e. The average Bonchev–Trinajstić information content (AvgIpc) is 2.70. The Bertz CT molecular complexity index is 401. The summed E-state index contributed by atoms with van der Waals surface area (Å²) in [5.41, 5.74) is 2.45. The predicted octanol–water partition coefficient (Wildman–Crippen LogP) is 2.36. The van der Waals surface area contributed by atoms with Crippen LogP contribution in [0.25, 0.3) is 0 Å². The number of carbonyl (C=O) groups is 1. The Balaban J connectivity index is 1.91. The first kappa shape index (κ1) is 12.0. The number of anilines is 1. The number of nitrogens with one attached hydrogen (secondary N) is 2. The molecule has 1 amide bonds. The fraction of sp³-hybridized carbons (Fsp3) is 0.500. The Morgan fingerprint density at radius 1 is 1.47 bits per heavy atom. The molecule has 2 N–H and O–H groups in total. The normalized spacial score (nSPS) is 17.7. The van der Waals surface area contributed by atoms with E-state index in [0.29, 0.717) is 18.3 Å². The number of rotatable bonds is 4. The number of fused-ring (bicyclic) bond motifs is 1. The number of hydrogen-bond acceptors (Lipinski definition) is 2. The van der Waals surface area contributed by atoms with E-state index in [-0.39, 0.29) is 5.91 Å². The van der Waals surface area contributed by atoms with Crippen LogP contribution in [0.2, 0.25) is 0 Å². The van der Waals surface area contributed by atoms with Crippen molar-refractivity contribution in [3.05, 3.63) is 29.8 Å². The maximum atomic E-state index is 11.8. The van der Waals surface area contributed by atoms with E-state index < -0.39 is 0 Å². The largest absolute Gasteiger partial charge is 0.384 e. The summed E-state index contributed by atoms with van der Waals surface area (Å²) in [6.45, 7) is 5.84. The molecule has 0 fully saturated rings. The van der Waals surface area contributed by atoms with E-state index in [2.05, 4.69) is 36.6 Å². The first-order chi connectivity index (χ1) is 8.16. The number of carbonyl (C=O) groups excluding carboxylic acids is 1. The molecular weight excluding hydrogens is 212 g/mol. The van der Waals surface area contributed by atoms with Gasteiger partial charge < -0.3 is 10.6 Å². The van der Waals surface area contributed by atoms with Gasteiger partial charge in [0.2, 0.25) is 5.91 Å². The van der Waals surface area contributed by atoms with Crippen LogP contribution in [0.4, 0.5) is 5.69 Å². The van der Waals surface area contributed by atoms with Crippen molar-refractivity contribution >= 4 is 11.6 Å². The predicted molar refractivity (Wildman–Crippen MR) is 70.1 cm³/mol. The summed E-state index contributed by atoms with van der Waals surface area (Å²) in [7, 11) is 0. The molecule has 0 saturated heterocycles. The summed E-state index contributed by atoms with van der Waals surface area (Å²) in [4.78, 5) is 11.8. The van der Waals surface area contributed by atoms with Gasteiger partial charge in [-0.1, -0.05) is 32.0 Å². The fourth-order valence-corrected chi connectivity index (χ4v) is 2.15. The second kappa shape index (κ2) is 5.21. The van der Waals surface area contributed by atoms with Gasteiger partial charge in [0.25, 0.3) is 0 Å². The topological polar surface area (TPSA) is 41.1 Å². The quantitative estimate of drug-likeness (QED) is 0.836. The molecule has 1 aliphatic heterocycles. The van der Waals surface area contributed by atoms with Crippen LogP contribution in [0.15, 0.2) is 24.3 Å². The van der Waals surface area contributed by atoms with E-state index in [1.165, 1.54) is 11.3 Å². The third kappa shape index (κ3) is 2.99. The Morgan fingerprint density at radius 2 is 2.24 bits per heavy atom. The van der Waals surface area contributed by atoms with Crippen LogP contribution in [0, 0.1) is 5.92 Å². The second-order valence-corrected chi connectivity index (χ2v) is 5.07. The van der Waals surface area contributed by atoms with Crippen LogP contribution in [-0.2, 0) is 4.79 Å². The maximum absolute atomic E-state index is 11.8. The molecule has 0 aromatic heterocycles. The van der Waals surface area contributed by atoms with Crippen molar-refractivity contribution in [3.8, 4) is 0 Å². The smallest absolute Gasteiger partial charge is 0.220 e. The van der Waals surface area contributed by atoms with Crippen LogP contribution in [0.3, 0.4) is 0 Å². The minimum atomic E-state index is 0.155. The zero-order valence-electron chi connectivity index (χ0n) is 10.5. The van der Waals surface area contributed by atoms with Gasteiger partial charge in [-0.05, 0) is 17.5 Å². The summed E-state index contributed by atoms with van der Waals surface area (Å²) in [5.74, 6) is 0.980. The molecule has 17 heavy (non-hydrogen) atoms. The molecule has 0 bridgehead atoms. The van der Waals surface area contributed by atoms with Crippen LogP contribution in [0.1, 0.15) is 31.7 Å². The molecule has 1 aliphatic rings. The lowest BCUT2D eigenvalue weighted by molar-refractivity contribution is -0.121. The van der Waals surface area contributed by atoms with Crippen molar-refractivity contribution < 1.29 is 4.79 Å². The van der Waals surface area contributed by atoms with Crippen molar-refractivity contribution in [3.63, 3.8) is 0 Å². The van der Waals surface area contributed by atoms with Gasteiger partial charge in [0.1, 0.15) is 0 Å². The van der Waals surface area contributed by atoms with Gasteiger partial charge in [0, 0.05) is 31.1 Å². The molecule has 3 nitrogen and oxygen atoms in total. The number of amides is 1. The van der Waals surface area contributed by atoms with Crippen molar-refractivity contribution in [2.75, 3.05) is 18.4 Å². The van der Waals surface area contributed by atoms with Crippen molar-refractivity contribution in [2.24, 2.45) is 5.92 Å². The molecule has 1 atom stereocenters. The average molecular weight is 232 g/mol. The lowest BCUT2D eigenvalue weighted by Gasteiger charge is -2.11. The minimum absolute atomic E-state index is 0.155. The summed E-state index contributed by atoms with van der Waals surface area (Å²) in [6.07, 6.45) is 0.580. The monoisotopic (exact) mass is 232 g/mol. The molecule has 0 saturated carbocycles. The Morgan fingerprint density at radius 3 is 3.00 bits per heavy atom. The van der Waals surface area contributed by atoms with Gasteiger partial charge in [-0.15, -0.1) is 0 Å². The molecule has 0 spiro atoms. The van der Waals surface area contributed by atoms with Gasteiger partial charge in [0.15, 0.2) is 0 Å². The van der Waals surface area contributed by atoms with Gasteiger partial charge in [-0.3, -0.25) is 4.79 Å². The van der Waals surface area contributed by atoms with E-state index in [1.807, 2.05) is 12.1 Å². The van der Waals surface area contributed by atoms with Crippen LogP contribution < -0.4 is 10.6 Å². The van der Waals surface area contributed by atoms with Crippen molar-refractivity contribution in [1.29, 1.82) is 0 Å². The first-order valence-electron chi connectivity index (χ1n) is 6.26. The number of benzene rings is 1. The van der Waals surface area contributed by atoms with E-state index >= 15 is 0 Å². The van der Waals surface area contributed by atoms with E-state index in [4.69, 9.17) is 0 Å². The zero-order valence-corrected chi connectivity index (χ0v) is 10.5. The molecule has 2 rings (SSSR count). The van der Waals surface area contributed by atoms with Gasteiger partial charge in [0.05, 0.1) is 0 Å². The molecule has 1 aromatic carbocycles. The number of para-hydroxylation sites is 1. The van der Waals surface area contributed by atoms with E-state index in [1.54, 1.807) is 0 Å². The highest BCUT2D eigenvalue weighted by Gasteiger charge is 2.23. The van der Waals surface area contributed by atoms with Crippen molar-refractivity contribution in [2.45, 2.75) is 26.2 Å². The molecule has 3 heteroatoms. The summed E-state index contributed by atoms with van der Waals surface area (Å²) >= 11 is 0. The zero-order chi connectivity index (χ0) is 12.3. The van der Waals surface area contributed by atoms with E-state index in [9.17, 15) is 4.79 Å². The third-order valence-electron chi connectivity index (χ3n) is 3.08. The second-order valence-electron chi connectivity index (χ2n) is 5.07. The Labute approximate surface area is 103 Å². The molecule has 1 heterocycles. The highest BCUT2D eigenvalue weighted by molar-refractivity contribution is 5.78. The molecule has 0 aliphatic carbocycles. The Kier molecular flexibility index (Phi) is 3.67. The first-order valence-corrected chi connectivity index (χ1v) is 6.26. The van der Waals surface area contributed by atoms with Gasteiger partial charge in [-0.2, -0.15) is 0 Å². The SMILES string of the molecule is CC(C)CNC(=O)CC1CNc2ccccc21. The lowest BCUT2D eigenvalue weighted by Crippen LogP contribution is -2.28. The van der Waals surface area contributed by atoms with Crippen LogP contribution in [-0.4, -0.2) is 19.0 Å². The van der Waals surface area contributed by atoms with E-state index in [0.717, 1.165) is 13.1 Å². The standard InChI is InChI=1S/C14H20N2O/c1-10(2)8-16-14(17)7-11-9-15-13-6-4-3-5-12(11)13/h3-6,10-11,15H,7-9H2,1-2H3,(H,16,17). The molecular formula is C14H20N2O. The Hall–Kier alpha value is -1.51. The minimum Gasteiger partial charge on any atom is -0.384 e. The molecule has 92 valence electrons. The summed E-state index contributed by atoms with van der Waals surface area (Å²) in [6, 6.07) is 8.23. The highest BCUT2D eigenvalue weighted by atomic mass is 16.1. The van der Waals surface area contributed by atoms with Crippen LogP contribution >= 0.6 is 0 Å². The summed E-state index contributed by atoms with van der Waals surface area (Å²) < 4.78 is 0. The number of hydrogen-bond donors (Lipinski definition) is 2. The highest BCUT2D eigenvalue weighted by Crippen LogP contribution is 2.32.